The van der Waals surface area contributed by atoms with Gasteiger partial charge in [-0.25, -0.2) is 0 Å². The zero-order valence-electron chi connectivity index (χ0n) is 11.6. The molecule has 0 radical (unpaired) electrons. The van der Waals surface area contributed by atoms with Gasteiger partial charge in [-0.1, -0.05) is 11.6 Å². The fourth-order valence-electron chi connectivity index (χ4n) is 1.99. The van der Waals surface area contributed by atoms with Gasteiger partial charge in [0.25, 0.3) is 5.91 Å². The summed E-state index contributed by atoms with van der Waals surface area (Å²) in [5.41, 5.74) is 3.33. The molecule has 0 saturated heterocycles. The second-order valence-corrected chi connectivity index (χ2v) is 5.03. The maximum absolute atomic E-state index is 12.0. The van der Waals surface area contributed by atoms with Crippen molar-refractivity contribution in [3.8, 4) is 5.75 Å². The number of amides is 1. The zero-order valence-corrected chi connectivity index (χ0v) is 12.3. The molecule has 2 rings (SSSR count). The number of aromatic nitrogens is 2. The van der Waals surface area contributed by atoms with Crippen LogP contribution in [-0.4, -0.2) is 20.8 Å². The lowest BCUT2D eigenvalue weighted by molar-refractivity contribution is 0.0951. The number of carbonyl (C=O) groups is 1. The van der Waals surface area contributed by atoms with Gasteiger partial charge in [0.1, 0.15) is 5.75 Å². The number of benzene rings is 1. The summed E-state index contributed by atoms with van der Waals surface area (Å²) in [6, 6.07) is 4.37. The molecule has 0 aliphatic heterocycles. The molecule has 2 N–H and O–H groups in total. The van der Waals surface area contributed by atoms with Crippen LogP contribution in [0.5, 0.6) is 5.75 Å². The summed E-state index contributed by atoms with van der Waals surface area (Å²) in [7, 11) is 1.87. The van der Waals surface area contributed by atoms with Crippen LogP contribution in [0.4, 0.5) is 0 Å². The summed E-state index contributed by atoms with van der Waals surface area (Å²) in [6.45, 7) is 4.27. The van der Waals surface area contributed by atoms with Crippen molar-refractivity contribution in [2.24, 2.45) is 7.05 Å². The molecule has 0 aliphatic rings. The van der Waals surface area contributed by atoms with Gasteiger partial charge < -0.3 is 10.4 Å². The van der Waals surface area contributed by atoms with Crippen LogP contribution in [0, 0.1) is 13.8 Å². The lowest BCUT2D eigenvalue weighted by Crippen LogP contribution is -2.23. The summed E-state index contributed by atoms with van der Waals surface area (Å²) in [5.74, 6) is -0.281. The van der Waals surface area contributed by atoms with E-state index in [1.54, 1.807) is 4.68 Å². The van der Waals surface area contributed by atoms with Crippen LogP contribution in [0.2, 0.25) is 5.02 Å². The van der Waals surface area contributed by atoms with Crippen LogP contribution in [0.1, 0.15) is 27.3 Å². The molecule has 5 nitrogen and oxygen atoms in total. The molecule has 0 bridgehead atoms. The van der Waals surface area contributed by atoms with E-state index in [0.29, 0.717) is 12.1 Å². The molecule has 0 fully saturated rings. The molecule has 1 amide bonds. The zero-order chi connectivity index (χ0) is 14.9. The molecule has 0 atom stereocenters. The minimum atomic E-state index is -0.241. The van der Waals surface area contributed by atoms with Gasteiger partial charge >= 0.3 is 0 Å². The Labute approximate surface area is 122 Å². The standard InChI is InChI=1S/C14H16ClN3O2/c1-8-11(9(2)18(3)17-8)7-16-14(20)10-4-5-13(19)12(15)6-10/h4-6,19H,7H2,1-3H3,(H,16,20). The second-order valence-electron chi connectivity index (χ2n) is 4.62. The third kappa shape index (κ3) is 2.77. The minimum Gasteiger partial charge on any atom is -0.506 e. The monoisotopic (exact) mass is 293 g/mol. The Morgan fingerprint density at radius 1 is 1.45 bits per heavy atom. The predicted molar refractivity (Wildman–Crippen MR) is 77.0 cm³/mol. The highest BCUT2D eigenvalue weighted by molar-refractivity contribution is 6.32. The second kappa shape index (κ2) is 5.54. The SMILES string of the molecule is Cc1nn(C)c(C)c1CNC(=O)c1ccc(O)c(Cl)c1. The van der Waals surface area contributed by atoms with Gasteiger partial charge in [-0.2, -0.15) is 5.10 Å². The number of hydrogen-bond donors (Lipinski definition) is 2. The normalized spacial score (nSPS) is 10.6. The van der Waals surface area contributed by atoms with Crippen molar-refractivity contribution in [3.63, 3.8) is 0 Å². The first-order chi connectivity index (χ1) is 9.40. The van der Waals surface area contributed by atoms with Gasteiger partial charge in [-0.05, 0) is 32.0 Å². The molecule has 6 heteroatoms. The Hall–Kier alpha value is -2.01. The van der Waals surface area contributed by atoms with Crippen molar-refractivity contribution in [3.05, 3.63) is 45.7 Å². The molecular weight excluding hydrogens is 278 g/mol. The summed E-state index contributed by atoms with van der Waals surface area (Å²) < 4.78 is 1.79. The van der Waals surface area contributed by atoms with E-state index < -0.39 is 0 Å². The Morgan fingerprint density at radius 2 is 2.15 bits per heavy atom. The fraction of sp³-hybridized carbons (Fsp3) is 0.286. The van der Waals surface area contributed by atoms with Crippen molar-refractivity contribution >= 4 is 17.5 Å². The number of aryl methyl sites for hydroxylation is 2. The minimum absolute atomic E-state index is 0.0397. The number of carbonyl (C=O) groups excluding carboxylic acids is 1. The molecular formula is C14H16ClN3O2. The van der Waals surface area contributed by atoms with Gasteiger partial charge in [0.05, 0.1) is 10.7 Å². The summed E-state index contributed by atoms with van der Waals surface area (Å²) in [6.07, 6.45) is 0. The summed E-state index contributed by atoms with van der Waals surface area (Å²) >= 11 is 5.79. The highest BCUT2D eigenvalue weighted by atomic mass is 35.5. The summed E-state index contributed by atoms with van der Waals surface area (Å²) in [5, 5.41) is 16.6. The van der Waals surface area contributed by atoms with E-state index >= 15 is 0 Å². The Morgan fingerprint density at radius 3 is 2.70 bits per heavy atom. The van der Waals surface area contributed by atoms with E-state index in [0.717, 1.165) is 17.0 Å². The van der Waals surface area contributed by atoms with Crippen LogP contribution >= 0.6 is 11.6 Å². The molecule has 0 saturated carbocycles. The van der Waals surface area contributed by atoms with Gasteiger partial charge in [-0.3, -0.25) is 9.48 Å². The number of nitrogens with one attached hydrogen (secondary N) is 1. The number of hydrogen-bond acceptors (Lipinski definition) is 3. The molecule has 0 aliphatic carbocycles. The highest BCUT2D eigenvalue weighted by Gasteiger charge is 2.12. The fourth-order valence-corrected chi connectivity index (χ4v) is 2.17. The van der Waals surface area contributed by atoms with Crippen molar-refractivity contribution < 1.29 is 9.90 Å². The first-order valence-corrected chi connectivity index (χ1v) is 6.53. The van der Waals surface area contributed by atoms with Crippen molar-refractivity contribution in [2.45, 2.75) is 20.4 Å². The van der Waals surface area contributed by atoms with Crippen LogP contribution in [0.15, 0.2) is 18.2 Å². The first kappa shape index (κ1) is 14.4. The molecule has 1 aromatic heterocycles. The van der Waals surface area contributed by atoms with E-state index in [2.05, 4.69) is 10.4 Å². The molecule has 106 valence electrons. The van der Waals surface area contributed by atoms with E-state index in [9.17, 15) is 9.90 Å². The molecule has 2 aromatic rings. The largest absolute Gasteiger partial charge is 0.506 e. The maximum Gasteiger partial charge on any atom is 0.251 e. The number of aromatic hydroxyl groups is 1. The van der Waals surface area contributed by atoms with E-state index in [1.807, 2.05) is 20.9 Å². The van der Waals surface area contributed by atoms with Crippen molar-refractivity contribution in [1.82, 2.24) is 15.1 Å². The Bertz CT molecular complexity index is 665. The molecule has 20 heavy (non-hydrogen) atoms. The number of phenols is 1. The van der Waals surface area contributed by atoms with E-state index in [4.69, 9.17) is 11.6 Å². The van der Waals surface area contributed by atoms with Gasteiger partial charge in [0.15, 0.2) is 0 Å². The third-order valence-electron chi connectivity index (χ3n) is 3.29. The summed E-state index contributed by atoms with van der Waals surface area (Å²) in [4.78, 5) is 12.0. The van der Waals surface area contributed by atoms with Crippen LogP contribution in [-0.2, 0) is 13.6 Å². The van der Waals surface area contributed by atoms with Crippen molar-refractivity contribution in [1.29, 1.82) is 0 Å². The van der Waals surface area contributed by atoms with Crippen LogP contribution < -0.4 is 5.32 Å². The smallest absolute Gasteiger partial charge is 0.251 e. The third-order valence-corrected chi connectivity index (χ3v) is 3.60. The van der Waals surface area contributed by atoms with E-state index in [1.165, 1.54) is 18.2 Å². The molecule has 0 unspecified atom stereocenters. The number of phenolic OH excluding ortho intramolecular Hbond substituents is 1. The maximum atomic E-state index is 12.0. The van der Waals surface area contributed by atoms with Gasteiger partial charge in [0, 0.05) is 30.4 Å². The molecule has 1 aromatic carbocycles. The quantitative estimate of drug-likeness (QED) is 0.913. The molecule has 0 spiro atoms. The lowest BCUT2D eigenvalue weighted by atomic mass is 10.1. The average Bonchev–Trinajstić information content (AvgIpc) is 2.64. The van der Waals surface area contributed by atoms with Gasteiger partial charge in [0.2, 0.25) is 0 Å². The number of rotatable bonds is 3. The van der Waals surface area contributed by atoms with Crippen molar-refractivity contribution in [2.75, 3.05) is 0 Å². The highest BCUT2D eigenvalue weighted by Crippen LogP contribution is 2.23. The Kier molecular flexibility index (Phi) is 3.99. The predicted octanol–water partition coefficient (Wildman–Crippen LogP) is 2.33. The van der Waals surface area contributed by atoms with Gasteiger partial charge in [-0.15, -0.1) is 0 Å². The topological polar surface area (TPSA) is 67.2 Å². The first-order valence-electron chi connectivity index (χ1n) is 6.16. The Balaban J connectivity index is 2.10. The number of nitrogens with zero attached hydrogens (tertiary/aromatic N) is 2. The number of halogens is 1. The lowest BCUT2D eigenvalue weighted by Gasteiger charge is -2.07. The average molecular weight is 294 g/mol. The van der Waals surface area contributed by atoms with E-state index in [-0.39, 0.29) is 16.7 Å². The van der Waals surface area contributed by atoms with Crippen LogP contribution in [0.25, 0.3) is 0 Å². The van der Waals surface area contributed by atoms with Crippen LogP contribution in [0.3, 0.4) is 0 Å². The molecule has 1 heterocycles.